The molecule has 5 nitrogen and oxygen atoms in total. The van der Waals surface area contributed by atoms with Gasteiger partial charge in [-0.3, -0.25) is 9.89 Å². The second-order valence-corrected chi connectivity index (χ2v) is 10.5. The van der Waals surface area contributed by atoms with E-state index in [-0.39, 0.29) is 27.6 Å². The SMILES string of the molecule is C=c1[nH]n(-c2ccccc2)c(=O)c1=C1S[C@H]2CS(=O)(=O)C[C@@H]2S1. The number of sulfone groups is 1. The number of para-hydroxylation sites is 1. The standard InChI is InChI=1S/C15H14N2O3S3/c1-9-13(14(18)17(16-9)10-5-3-2-4-6-10)15-21-11-7-23(19,20)8-12(11)22-15/h2-6,11-12,16H,1,7-8H2/t11-,12-/m0/s1. The van der Waals surface area contributed by atoms with Gasteiger partial charge in [0.25, 0.3) is 5.56 Å². The van der Waals surface area contributed by atoms with Crippen molar-refractivity contribution in [2.75, 3.05) is 11.5 Å². The van der Waals surface area contributed by atoms with Crippen molar-refractivity contribution in [3.05, 3.63) is 51.3 Å². The summed E-state index contributed by atoms with van der Waals surface area (Å²) in [5, 5.41) is 4.23. The molecule has 8 heteroatoms. The highest BCUT2D eigenvalue weighted by molar-refractivity contribution is 8.34. The molecule has 2 saturated heterocycles. The smallest absolute Gasteiger partial charge is 0.280 e. The number of hydrogen-bond donors (Lipinski definition) is 1. The maximum atomic E-state index is 12.8. The molecule has 23 heavy (non-hydrogen) atoms. The molecule has 0 unspecified atom stereocenters. The molecule has 0 saturated carbocycles. The Kier molecular flexibility index (Phi) is 3.51. The molecule has 120 valence electrons. The Hall–Kier alpha value is -1.38. The predicted molar refractivity (Wildman–Crippen MR) is 96.0 cm³/mol. The molecule has 2 fully saturated rings. The van der Waals surface area contributed by atoms with Gasteiger partial charge < -0.3 is 0 Å². The van der Waals surface area contributed by atoms with E-state index >= 15 is 0 Å². The molecule has 3 heterocycles. The van der Waals surface area contributed by atoms with Gasteiger partial charge in [0.05, 0.1) is 32.0 Å². The van der Waals surface area contributed by atoms with E-state index in [4.69, 9.17) is 0 Å². The quantitative estimate of drug-likeness (QED) is 0.785. The maximum Gasteiger partial charge on any atom is 0.280 e. The number of aromatic nitrogens is 2. The summed E-state index contributed by atoms with van der Waals surface area (Å²) in [5.41, 5.74) is 0.615. The summed E-state index contributed by atoms with van der Waals surface area (Å²) in [5.74, 6) is 0.394. The van der Waals surface area contributed by atoms with E-state index in [0.717, 1.165) is 9.92 Å². The number of thioether (sulfide) groups is 2. The minimum Gasteiger partial charge on any atom is -0.291 e. The summed E-state index contributed by atoms with van der Waals surface area (Å²) in [7, 11) is -2.93. The van der Waals surface area contributed by atoms with Crippen LogP contribution in [0.4, 0.5) is 0 Å². The van der Waals surface area contributed by atoms with Gasteiger partial charge in [0.2, 0.25) is 0 Å². The Morgan fingerprint density at radius 2 is 1.74 bits per heavy atom. The summed E-state index contributed by atoms with van der Waals surface area (Å²) in [6.07, 6.45) is 0. The first-order valence-electron chi connectivity index (χ1n) is 7.08. The molecule has 2 aromatic rings. The van der Waals surface area contributed by atoms with E-state index in [0.29, 0.717) is 10.6 Å². The first kappa shape index (κ1) is 15.2. The largest absolute Gasteiger partial charge is 0.291 e. The van der Waals surface area contributed by atoms with Gasteiger partial charge in [0.15, 0.2) is 9.84 Å². The molecule has 0 aliphatic carbocycles. The third-order valence-electron chi connectivity index (χ3n) is 3.95. The summed E-state index contributed by atoms with van der Waals surface area (Å²) in [4.78, 5) is 12.8. The Balaban J connectivity index is 1.82. The van der Waals surface area contributed by atoms with Crippen molar-refractivity contribution in [1.29, 1.82) is 0 Å². The predicted octanol–water partition coefficient (Wildman–Crippen LogP) is 0.287. The number of benzene rings is 1. The molecule has 0 spiro atoms. The Morgan fingerprint density at radius 1 is 1.13 bits per heavy atom. The van der Waals surface area contributed by atoms with Gasteiger partial charge in [-0.1, -0.05) is 24.8 Å². The van der Waals surface area contributed by atoms with Crippen LogP contribution in [0.5, 0.6) is 0 Å². The molecule has 2 aliphatic rings. The highest BCUT2D eigenvalue weighted by Crippen LogP contribution is 2.50. The number of nitrogens with zero attached hydrogens (tertiary/aromatic N) is 1. The molecular formula is C15H14N2O3S3. The van der Waals surface area contributed by atoms with Crippen LogP contribution in [0.1, 0.15) is 0 Å². The van der Waals surface area contributed by atoms with E-state index in [1.54, 1.807) is 0 Å². The lowest BCUT2D eigenvalue weighted by Crippen LogP contribution is -2.35. The fourth-order valence-corrected chi connectivity index (χ4v) is 9.51. The van der Waals surface area contributed by atoms with E-state index in [1.807, 2.05) is 30.3 Å². The monoisotopic (exact) mass is 366 g/mol. The number of aromatic amines is 1. The van der Waals surface area contributed by atoms with Crippen LogP contribution in [-0.4, -0.2) is 40.2 Å². The van der Waals surface area contributed by atoms with Gasteiger partial charge in [-0.15, -0.1) is 23.5 Å². The minimum atomic E-state index is -2.93. The Morgan fingerprint density at radius 3 is 2.35 bits per heavy atom. The first-order valence-corrected chi connectivity index (χ1v) is 10.7. The average Bonchev–Trinajstić information content (AvgIpc) is 3.08. The number of H-pyrrole nitrogens is 1. The second kappa shape index (κ2) is 5.32. The summed E-state index contributed by atoms with van der Waals surface area (Å²) < 4.78 is 25.7. The van der Waals surface area contributed by atoms with E-state index in [9.17, 15) is 13.2 Å². The molecule has 0 radical (unpaired) electrons. The zero-order chi connectivity index (χ0) is 16.2. The fraction of sp³-hybridized carbons (Fsp3) is 0.267. The van der Waals surface area contributed by atoms with Crippen LogP contribution in [0.3, 0.4) is 0 Å². The molecule has 1 aromatic carbocycles. The number of hydrogen-bond acceptors (Lipinski definition) is 5. The van der Waals surface area contributed by atoms with Crippen LogP contribution in [0.25, 0.3) is 16.5 Å². The van der Waals surface area contributed by atoms with Gasteiger partial charge in [-0.05, 0) is 12.1 Å². The van der Waals surface area contributed by atoms with Gasteiger partial charge in [0.1, 0.15) is 0 Å². The molecule has 0 amide bonds. The normalized spacial score (nSPS) is 25.7. The molecular weight excluding hydrogens is 352 g/mol. The van der Waals surface area contributed by atoms with Crippen LogP contribution >= 0.6 is 23.5 Å². The molecule has 0 bridgehead atoms. The third kappa shape index (κ3) is 2.58. The summed E-state index contributed by atoms with van der Waals surface area (Å²) in [6.45, 7) is 3.95. The molecule has 2 aliphatic heterocycles. The number of fused-ring (bicyclic) bond motifs is 1. The summed E-state index contributed by atoms with van der Waals surface area (Å²) in [6, 6.07) is 9.33. The number of rotatable bonds is 1. The van der Waals surface area contributed by atoms with Crippen molar-refractivity contribution in [2.24, 2.45) is 0 Å². The lowest BCUT2D eigenvalue weighted by molar-refractivity contribution is 0.602. The molecule has 1 N–H and O–H groups in total. The van der Waals surface area contributed by atoms with Crippen molar-refractivity contribution >= 4 is 44.2 Å². The second-order valence-electron chi connectivity index (χ2n) is 5.62. The maximum absolute atomic E-state index is 12.8. The van der Waals surface area contributed by atoms with E-state index in [1.165, 1.54) is 28.2 Å². The fourth-order valence-electron chi connectivity index (χ4n) is 2.88. The Labute approximate surface area is 141 Å². The zero-order valence-corrected chi connectivity index (χ0v) is 14.5. The first-order chi connectivity index (χ1) is 10.9. The average molecular weight is 366 g/mol. The van der Waals surface area contributed by atoms with Crippen LogP contribution in [0.2, 0.25) is 0 Å². The van der Waals surface area contributed by atoms with E-state index < -0.39 is 9.84 Å². The topological polar surface area (TPSA) is 71.9 Å². The van der Waals surface area contributed by atoms with Gasteiger partial charge in [0, 0.05) is 10.5 Å². The van der Waals surface area contributed by atoms with Crippen LogP contribution in [0, 0.1) is 0 Å². The van der Waals surface area contributed by atoms with Gasteiger partial charge >= 0.3 is 0 Å². The number of nitrogens with one attached hydrogen (secondary N) is 1. The lowest BCUT2D eigenvalue weighted by atomic mass is 10.3. The van der Waals surface area contributed by atoms with E-state index in [2.05, 4.69) is 11.7 Å². The van der Waals surface area contributed by atoms with Gasteiger partial charge in [-0.2, -0.15) is 0 Å². The zero-order valence-electron chi connectivity index (χ0n) is 12.1. The minimum absolute atomic E-state index is 0.0406. The molecule has 2 atom stereocenters. The van der Waals surface area contributed by atoms with Crippen molar-refractivity contribution in [2.45, 2.75) is 10.5 Å². The summed E-state index contributed by atoms with van der Waals surface area (Å²) >= 11 is 3.00. The van der Waals surface area contributed by atoms with Crippen molar-refractivity contribution in [1.82, 2.24) is 9.78 Å². The van der Waals surface area contributed by atoms with Gasteiger partial charge in [-0.25, -0.2) is 13.1 Å². The highest BCUT2D eigenvalue weighted by atomic mass is 32.2. The van der Waals surface area contributed by atoms with Crippen molar-refractivity contribution in [3.8, 4) is 5.69 Å². The highest BCUT2D eigenvalue weighted by Gasteiger charge is 2.44. The van der Waals surface area contributed by atoms with Crippen LogP contribution < -0.4 is 16.1 Å². The van der Waals surface area contributed by atoms with Crippen molar-refractivity contribution < 1.29 is 8.42 Å². The van der Waals surface area contributed by atoms with Crippen molar-refractivity contribution in [3.63, 3.8) is 0 Å². The van der Waals surface area contributed by atoms with Crippen LogP contribution in [-0.2, 0) is 9.84 Å². The molecule has 1 aromatic heterocycles. The lowest BCUT2D eigenvalue weighted by Gasteiger charge is -1.99. The Bertz CT molecular complexity index is 1020. The molecule has 4 rings (SSSR count). The van der Waals surface area contributed by atoms with Crippen LogP contribution in [0.15, 0.2) is 35.1 Å². The third-order valence-corrected chi connectivity index (χ3v) is 9.29.